The van der Waals surface area contributed by atoms with Gasteiger partial charge >= 0.3 is 0 Å². The minimum absolute atomic E-state index is 0.0681. The topological polar surface area (TPSA) is 75.7 Å². The van der Waals surface area contributed by atoms with Gasteiger partial charge in [-0.3, -0.25) is 9.63 Å². The van der Waals surface area contributed by atoms with Gasteiger partial charge in [0.1, 0.15) is 0 Å². The van der Waals surface area contributed by atoms with Crippen molar-refractivity contribution in [2.24, 2.45) is 5.92 Å². The molecule has 1 aromatic carbocycles. The van der Waals surface area contributed by atoms with E-state index in [4.69, 9.17) is 4.84 Å². The summed E-state index contributed by atoms with van der Waals surface area (Å²) in [4.78, 5) is 16.7. The summed E-state index contributed by atoms with van der Waals surface area (Å²) in [5.41, 5.74) is 0.571. The van der Waals surface area contributed by atoms with Crippen LogP contribution in [0.2, 0.25) is 0 Å². The van der Waals surface area contributed by atoms with Gasteiger partial charge in [0.25, 0.3) is 10.0 Å². The van der Waals surface area contributed by atoms with Crippen LogP contribution in [-0.2, 0) is 19.7 Å². The van der Waals surface area contributed by atoms with Crippen molar-refractivity contribution >= 4 is 21.6 Å². The Morgan fingerprint density at radius 1 is 1.33 bits per heavy atom. The normalized spacial score (nSPS) is 13.2. The fraction of sp³-hybridized carbons (Fsp3) is 0.500. The molecule has 1 rings (SSSR count). The predicted octanol–water partition coefficient (Wildman–Crippen LogP) is 2.24. The quantitative estimate of drug-likeness (QED) is 0.783. The van der Waals surface area contributed by atoms with E-state index in [1.54, 1.807) is 12.1 Å². The van der Waals surface area contributed by atoms with Crippen LogP contribution < -0.4 is 5.32 Å². The van der Waals surface area contributed by atoms with E-state index in [2.05, 4.69) is 5.32 Å². The van der Waals surface area contributed by atoms with Crippen molar-refractivity contribution in [2.75, 3.05) is 19.5 Å². The van der Waals surface area contributed by atoms with Gasteiger partial charge in [-0.05, 0) is 30.7 Å². The average molecular weight is 314 g/mol. The highest BCUT2D eigenvalue weighted by Crippen LogP contribution is 2.18. The molecule has 1 unspecified atom stereocenters. The number of hydroxylamine groups is 1. The molecule has 21 heavy (non-hydrogen) atoms. The first-order valence-electron chi connectivity index (χ1n) is 6.76. The Kier molecular flexibility index (Phi) is 6.32. The van der Waals surface area contributed by atoms with Gasteiger partial charge in [-0.2, -0.15) is 0 Å². The van der Waals surface area contributed by atoms with E-state index >= 15 is 0 Å². The molecule has 0 fully saturated rings. The van der Waals surface area contributed by atoms with Gasteiger partial charge < -0.3 is 5.32 Å². The molecule has 6 nitrogen and oxygen atoms in total. The average Bonchev–Trinajstić information content (AvgIpc) is 2.47. The number of anilines is 1. The fourth-order valence-corrected chi connectivity index (χ4v) is 2.76. The summed E-state index contributed by atoms with van der Waals surface area (Å²) in [5, 5.41) is 2.77. The maximum Gasteiger partial charge on any atom is 0.264 e. The zero-order valence-corrected chi connectivity index (χ0v) is 13.6. The van der Waals surface area contributed by atoms with Crippen molar-refractivity contribution in [3.63, 3.8) is 0 Å². The summed E-state index contributed by atoms with van der Waals surface area (Å²) < 4.78 is 24.8. The number of hydrogen-bond acceptors (Lipinski definition) is 4. The van der Waals surface area contributed by atoms with E-state index in [9.17, 15) is 13.2 Å². The van der Waals surface area contributed by atoms with Crippen LogP contribution in [0.25, 0.3) is 0 Å². The van der Waals surface area contributed by atoms with E-state index in [0.717, 1.165) is 17.3 Å². The van der Waals surface area contributed by atoms with E-state index in [1.165, 1.54) is 26.3 Å². The largest absolute Gasteiger partial charge is 0.326 e. The number of nitrogens with zero attached hydrogens (tertiary/aromatic N) is 1. The summed E-state index contributed by atoms with van der Waals surface area (Å²) in [6, 6.07) is 6.00. The molecule has 0 spiro atoms. The molecular weight excluding hydrogens is 292 g/mol. The van der Waals surface area contributed by atoms with Gasteiger partial charge in [0.2, 0.25) is 5.91 Å². The zero-order chi connectivity index (χ0) is 16.0. The Hall–Kier alpha value is -1.44. The minimum atomic E-state index is -3.66. The molecule has 0 heterocycles. The van der Waals surface area contributed by atoms with Crippen molar-refractivity contribution in [1.82, 2.24) is 4.47 Å². The first kappa shape index (κ1) is 17.6. The summed E-state index contributed by atoms with van der Waals surface area (Å²) in [6.07, 6.45) is 1.76. The van der Waals surface area contributed by atoms with Crippen LogP contribution in [0.4, 0.5) is 5.69 Å². The molecule has 0 aliphatic rings. The lowest BCUT2D eigenvalue weighted by molar-refractivity contribution is -0.119. The van der Waals surface area contributed by atoms with Crippen LogP contribution in [0.15, 0.2) is 29.2 Å². The van der Waals surface area contributed by atoms with E-state index < -0.39 is 10.0 Å². The number of hydrogen-bond donors (Lipinski definition) is 1. The second kappa shape index (κ2) is 7.53. The second-order valence-electron chi connectivity index (χ2n) is 4.80. The first-order chi connectivity index (χ1) is 9.82. The third-order valence-corrected chi connectivity index (χ3v) is 4.88. The summed E-state index contributed by atoms with van der Waals surface area (Å²) in [7, 11) is -1.06. The molecule has 0 aliphatic heterocycles. The van der Waals surface area contributed by atoms with Crippen LogP contribution in [0.5, 0.6) is 0 Å². The van der Waals surface area contributed by atoms with Gasteiger partial charge in [-0.1, -0.05) is 24.7 Å². The van der Waals surface area contributed by atoms with Crippen LogP contribution >= 0.6 is 0 Å². The summed E-state index contributed by atoms with van der Waals surface area (Å²) >= 11 is 0. The van der Waals surface area contributed by atoms with Gasteiger partial charge in [0, 0.05) is 18.7 Å². The predicted molar refractivity (Wildman–Crippen MR) is 81.1 cm³/mol. The third kappa shape index (κ3) is 4.52. The summed E-state index contributed by atoms with van der Waals surface area (Å²) in [5.74, 6) is -0.139. The molecule has 1 amide bonds. The number of nitrogens with one attached hydrogen (secondary N) is 1. The van der Waals surface area contributed by atoms with E-state index in [-0.39, 0.29) is 16.7 Å². The van der Waals surface area contributed by atoms with E-state index in [1.807, 2.05) is 13.8 Å². The Morgan fingerprint density at radius 2 is 1.90 bits per heavy atom. The van der Waals surface area contributed by atoms with Crippen LogP contribution in [-0.4, -0.2) is 33.0 Å². The number of sulfonamides is 1. The molecule has 0 aliphatic carbocycles. The van der Waals surface area contributed by atoms with Gasteiger partial charge in [-0.15, -0.1) is 0 Å². The highest BCUT2D eigenvalue weighted by atomic mass is 32.2. The van der Waals surface area contributed by atoms with Crippen LogP contribution in [0, 0.1) is 5.92 Å². The summed E-state index contributed by atoms with van der Waals surface area (Å²) in [6.45, 7) is 3.89. The molecule has 0 radical (unpaired) electrons. The lowest BCUT2D eigenvalue weighted by Gasteiger charge is -2.15. The maximum absolute atomic E-state index is 12.0. The molecule has 118 valence electrons. The monoisotopic (exact) mass is 314 g/mol. The third-order valence-electron chi connectivity index (χ3n) is 3.18. The minimum Gasteiger partial charge on any atom is -0.326 e. The van der Waals surface area contributed by atoms with Crippen molar-refractivity contribution in [3.8, 4) is 0 Å². The fourth-order valence-electron chi connectivity index (χ4n) is 1.79. The SMILES string of the molecule is CCCC(C)C(=O)Nc1ccc(S(=O)(=O)N(C)OC)cc1. The molecule has 1 aromatic rings. The Labute approximate surface area is 126 Å². The number of carbonyl (C=O) groups is 1. The standard InChI is InChI=1S/C14H22N2O4S/c1-5-6-11(2)14(17)15-12-7-9-13(10-8-12)21(18,19)16(3)20-4/h7-11H,5-6H2,1-4H3,(H,15,17). The molecule has 0 saturated heterocycles. The Bertz CT molecular complexity index is 569. The molecule has 1 N–H and O–H groups in total. The lowest BCUT2D eigenvalue weighted by atomic mass is 10.1. The van der Waals surface area contributed by atoms with Crippen LogP contribution in [0.1, 0.15) is 26.7 Å². The number of carbonyl (C=O) groups excluding carboxylic acids is 1. The smallest absolute Gasteiger partial charge is 0.264 e. The molecule has 0 bridgehead atoms. The number of rotatable bonds is 7. The van der Waals surface area contributed by atoms with Gasteiger partial charge in [0.15, 0.2) is 0 Å². The molecular formula is C14H22N2O4S. The molecule has 0 aromatic heterocycles. The molecule has 7 heteroatoms. The number of amides is 1. The van der Waals surface area contributed by atoms with Gasteiger partial charge in [-0.25, -0.2) is 8.42 Å². The lowest BCUT2D eigenvalue weighted by Crippen LogP contribution is -2.25. The Morgan fingerprint density at radius 3 is 2.38 bits per heavy atom. The van der Waals surface area contributed by atoms with Crippen molar-refractivity contribution in [1.29, 1.82) is 0 Å². The maximum atomic E-state index is 12.0. The highest BCUT2D eigenvalue weighted by molar-refractivity contribution is 7.89. The molecule has 0 saturated carbocycles. The van der Waals surface area contributed by atoms with Crippen molar-refractivity contribution < 1.29 is 18.0 Å². The van der Waals surface area contributed by atoms with Crippen molar-refractivity contribution in [3.05, 3.63) is 24.3 Å². The number of benzene rings is 1. The van der Waals surface area contributed by atoms with Gasteiger partial charge in [0.05, 0.1) is 12.0 Å². The van der Waals surface area contributed by atoms with E-state index in [0.29, 0.717) is 5.69 Å². The molecule has 1 atom stereocenters. The Balaban J connectivity index is 2.82. The van der Waals surface area contributed by atoms with Crippen molar-refractivity contribution in [2.45, 2.75) is 31.6 Å². The van der Waals surface area contributed by atoms with Crippen LogP contribution in [0.3, 0.4) is 0 Å². The first-order valence-corrected chi connectivity index (χ1v) is 8.21. The zero-order valence-electron chi connectivity index (χ0n) is 12.8. The second-order valence-corrected chi connectivity index (χ2v) is 6.74. The highest BCUT2D eigenvalue weighted by Gasteiger charge is 2.20.